The molecule has 0 aromatic carbocycles. The van der Waals surface area contributed by atoms with Crippen molar-refractivity contribution >= 4 is 5.91 Å². The van der Waals surface area contributed by atoms with Gasteiger partial charge in [-0.15, -0.1) is 5.10 Å². The zero-order valence-corrected chi connectivity index (χ0v) is 14.2. The van der Waals surface area contributed by atoms with Gasteiger partial charge in [-0.2, -0.15) is 5.10 Å². The highest BCUT2D eigenvalue weighted by atomic mass is 16.5. The largest absolute Gasteiger partial charge is 0.369 e. The number of aryl methyl sites for hydroxylation is 1. The van der Waals surface area contributed by atoms with E-state index in [2.05, 4.69) is 20.5 Å². The summed E-state index contributed by atoms with van der Waals surface area (Å²) < 4.78 is 7.46. The number of carbonyl (C=O) groups is 1. The Morgan fingerprint density at radius 1 is 1.46 bits per heavy atom. The predicted octanol–water partition coefficient (Wildman–Crippen LogP) is 1.37. The first-order valence-corrected chi connectivity index (χ1v) is 8.41. The van der Waals surface area contributed by atoms with Gasteiger partial charge in [0, 0.05) is 31.3 Å². The maximum Gasteiger partial charge on any atom is 0.275 e. The molecule has 2 aliphatic rings. The number of rotatable bonds is 4. The zero-order valence-electron chi connectivity index (χ0n) is 14.2. The summed E-state index contributed by atoms with van der Waals surface area (Å²) in [6.07, 6.45) is 4.66. The zero-order chi connectivity index (χ0) is 16.8. The van der Waals surface area contributed by atoms with Gasteiger partial charge in [-0.3, -0.25) is 14.6 Å². The van der Waals surface area contributed by atoms with Crippen molar-refractivity contribution < 1.29 is 9.53 Å². The molecule has 2 aromatic rings. The summed E-state index contributed by atoms with van der Waals surface area (Å²) in [7, 11) is 1.83. The quantitative estimate of drug-likeness (QED) is 0.914. The summed E-state index contributed by atoms with van der Waals surface area (Å²) in [6.45, 7) is 4.48. The van der Waals surface area contributed by atoms with E-state index in [0.29, 0.717) is 18.7 Å². The first-order valence-electron chi connectivity index (χ1n) is 8.41. The first kappa shape index (κ1) is 15.3. The van der Waals surface area contributed by atoms with Crippen LogP contribution in [0.25, 0.3) is 0 Å². The molecule has 1 N–H and O–H groups in total. The minimum absolute atomic E-state index is 0.0260. The number of hydrogen-bond acceptors (Lipinski definition) is 5. The van der Waals surface area contributed by atoms with E-state index in [4.69, 9.17) is 4.74 Å². The van der Waals surface area contributed by atoms with Gasteiger partial charge in [0.15, 0.2) is 5.69 Å². The van der Waals surface area contributed by atoms with Crippen LogP contribution in [0.3, 0.4) is 0 Å². The van der Waals surface area contributed by atoms with Crippen molar-refractivity contribution in [2.75, 3.05) is 0 Å². The van der Waals surface area contributed by atoms with E-state index < -0.39 is 0 Å². The highest BCUT2D eigenvalue weighted by Crippen LogP contribution is 2.33. The Morgan fingerprint density at radius 2 is 2.25 bits per heavy atom. The van der Waals surface area contributed by atoms with E-state index in [-0.39, 0.29) is 24.2 Å². The van der Waals surface area contributed by atoms with E-state index in [0.717, 1.165) is 29.8 Å². The van der Waals surface area contributed by atoms with Crippen LogP contribution in [0.1, 0.15) is 60.2 Å². The molecule has 3 heterocycles. The van der Waals surface area contributed by atoms with E-state index >= 15 is 0 Å². The van der Waals surface area contributed by atoms with Crippen LogP contribution in [0.4, 0.5) is 0 Å². The van der Waals surface area contributed by atoms with Gasteiger partial charge in [0.25, 0.3) is 5.91 Å². The van der Waals surface area contributed by atoms with Crippen LogP contribution in [-0.4, -0.2) is 48.1 Å². The summed E-state index contributed by atoms with van der Waals surface area (Å²) in [5, 5.41) is 15.4. The molecule has 0 saturated heterocycles. The van der Waals surface area contributed by atoms with Gasteiger partial charge in [-0.25, -0.2) is 0 Å². The van der Waals surface area contributed by atoms with Crippen LogP contribution in [-0.2, 0) is 24.8 Å². The molecule has 1 aliphatic carbocycles. The molecule has 4 rings (SSSR count). The average Bonchev–Trinajstić information content (AvgIpc) is 3.15. The molecular formula is C16H22N6O2. The van der Waals surface area contributed by atoms with E-state index in [1.54, 1.807) is 4.68 Å². The fourth-order valence-electron chi connectivity index (χ4n) is 3.38. The molecule has 1 saturated carbocycles. The lowest BCUT2D eigenvalue weighted by atomic mass is 9.99. The van der Waals surface area contributed by atoms with Crippen LogP contribution >= 0.6 is 0 Å². The Morgan fingerprint density at radius 3 is 2.92 bits per heavy atom. The third kappa shape index (κ3) is 2.71. The molecule has 0 unspecified atom stereocenters. The van der Waals surface area contributed by atoms with Gasteiger partial charge in [0.2, 0.25) is 0 Å². The number of fused-ring (bicyclic) bond motifs is 1. The van der Waals surface area contributed by atoms with Gasteiger partial charge >= 0.3 is 0 Å². The molecule has 24 heavy (non-hydrogen) atoms. The number of H-pyrrole nitrogens is 1. The minimum Gasteiger partial charge on any atom is -0.369 e. The van der Waals surface area contributed by atoms with Crippen molar-refractivity contribution in [2.45, 2.75) is 57.9 Å². The second-order valence-corrected chi connectivity index (χ2v) is 6.81. The number of ether oxygens (including phenoxy) is 1. The van der Waals surface area contributed by atoms with E-state index in [1.165, 1.54) is 0 Å². The molecule has 2 atom stereocenters. The highest BCUT2D eigenvalue weighted by molar-refractivity contribution is 5.94. The fraction of sp³-hybridized carbons (Fsp3) is 0.625. The number of carbonyl (C=O) groups excluding carboxylic acids is 1. The number of nitrogens with zero attached hydrogens (tertiary/aromatic N) is 5. The van der Waals surface area contributed by atoms with Gasteiger partial charge in [0.1, 0.15) is 5.69 Å². The van der Waals surface area contributed by atoms with Gasteiger partial charge < -0.3 is 9.64 Å². The van der Waals surface area contributed by atoms with E-state index in [1.807, 2.05) is 32.0 Å². The Kier molecular flexibility index (Phi) is 3.64. The normalized spacial score (nSPS) is 23.1. The standard InChI is InChI=1S/C16H22N6O2/c1-9-6-13-14(10(2)24-9)18-19-15(13)16(23)22(12-4-5-12)8-11-7-21(3)20-17-11/h7,9-10,12H,4-6,8H2,1-3H3,(H,18,19)/t9-,10+/m1/s1. The van der Waals surface area contributed by atoms with Crippen LogP contribution in [0.15, 0.2) is 6.20 Å². The van der Waals surface area contributed by atoms with E-state index in [9.17, 15) is 4.79 Å². The molecule has 1 aliphatic heterocycles. The lowest BCUT2D eigenvalue weighted by Gasteiger charge is -2.26. The van der Waals surface area contributed by atoms with Crippen molar-refractivity contribution in [3.05, 3.63) is 28.8 Å². The van der Waals surface area contributed by atoms with Crippen molar-refractivity contribution in [2.24, 2.45) is 7.05 Å². The molecule has 8 nitrogen and oxygen atoms in total. The second kappa shape index (κ2) is 5.70. The minimum atomic E-state index is -0.0628. The predicted molar refractivity (Wildman–Crippen MR) is 85.2 cm³/mol. The number of aromatic amines is 1. The summed E-state index contributed by atoms with van der Waals surface area (Å²) in [5.74, 6) is -0.0260. The molecule has 128 valence electrons. The third-order valence-electron chi connectivity index (χ3n) is 4.67. The smallest absolute Gasteiger partial charge is 0.275 e. The van der Waals surface area contributed by atoms with Crippen molar-refractivity contribution in [1.82, 2.24) is 30.1 Å². The van der Waals surface area contributed by atoms with Crippen LogP contribution < -0.4 is 0 Å². The highest BCUT2D eigenvalue weighted by Gasteiger charge is 2.37. The Labute approximate surface area is 140 Å². The van der Waals surface area contributed by atoms with Crippen molar-refractivity contribution in [1.29, 1.82) is 0 Å². The number of amides is 1. The topological polar surface area (TPSA) is 88.9 Å². The monoisotopic (exact) mass is 330 g/mol. The molecule has 8 heteroatoms. The maximum absolute atomic E-state index is 13.1. The second-order valence-electron chi connectivity index (χ2n) is 6.81. The van der Waals surface area contributed by atoms with Gasteiger partial charge in [-0.1, -0.05) is 5.21 Å². The van der Waals surface area contributed by atoms with Crippen LogP contribution in [0.2, 0.25) is 0 Å². The summed E-state index contributed by atoms with van der Waals surface area (Å²) in [5.41, 5.74) is 3.25. The SMILES string of the molecule is C[C@@H]1Cc2c(C(=O)N(Cc3cn(C)nn3)C3CC3)n[nH]c2[C@H](C)O1. The Balaban J connectivity index is 1.62. The number of aromatic nitrogens is 5. The molecule has 2 aromatic heterocycles. The lowest BCUT2D eigenvalue weighted by Crippen LogP contribution is -2.34. The fourth-order valence-corrected chi connectivity index (χ4v) is 3.38. The summed E-state index contributed by atoms with van der Waals surface area (Å²) in [4.78, 5) is 15.0. The van der Waals surface area contributed by atoms with Crippen molar-refractivity contribution in [3.8, 4) is 0 Å². The molecule has 0 bridgehead atoms. The summed E-state index contributed by atoms with van der Waals surface area (Å²) in [6, 6.07) is 0.279. The van der Waals surface area contributed by atoms with Crippen LogP contribution in [0, 0.1) is 0 Å². The molecule has 0 spiro atoms. The molecule has 1 amide bonds. The average molecular weight is 330 g/mol. The van der Waals surface area contributed by atoms with Crippen LogP contribution in [0.5, 0.6) is 0 Å². The third-order valence-corrected chi connectivity index (χ3v) is 4.67. The summed E-state index contributed by atoms with van der Waals surface area (Å²) >= 11 is 0. The van der Waals surface area contributed by atoms with Gasteiger partial charge in [-0.05, 0) is 26.7 Å². The molecule has 1 fully saturated rings. The molecule has 0 radical (unpaired) electrons. The van der Waals surface area contributed by atoms with Crippen molar-refractivity contribution in [3.63, 3.8) is 0 Å². The lowest BCUT2D eigenvalue weighted by molar-refractivity contribution is -0.00702. The number of nitrogens with one attached hydrogen (secondary N) is 1. The molecular weight excluding hydrogens is 308 g/mol. The maximum atomic E-state index is 13.1. The van der Waals surface area contributed by atoms with Gasteiger partial charge in [0.05, 0.1) is 24.4 Å². The Hall–Kier alpha value is -2.22. The first-order chi connectivity index (χ1) is 11.5. The Bertz CT molecular complexity index is 762. The number of hydrogen-bond donors (Lipinski definition) is 1.